The largest absolute Gasteiger partial charge is 0.444 e. The second-order valence-corrected chi connectivity index (χ2v) is 7.76. The molecule has 1 N–H and O–H groups in total. The van der Waals surface area contributed by atoms with Crippen LogP contribution in [0.5, 0.6) is 0 Å². The molecule has 2 heterocycles. The number of pyridine rings is 1. The third-order valence-electron chi connectivity index (χ3n) is 4.07. The first kappa shape index (κ1) is 19.8. The van der Waals surface area contributed by atoms with Crippen molar-refractivity contribution in [2.75, 3.05) is 6.54 Å². The van der Waals surface area contributed by atoms with Crippen molar-refractivity contribution >= 4 is 29.5 Å². The topological polar surface area (TPSA) is 88.6 Å². The van der Waals surface area contributed by atoms with Gasteiger partial charge >= 0.3 is 6.09 Å². The Balaban J connectivity index is 1.89. The highest BCUT2D eigenvalue weighted by atomic mass is 35.5. The van der Waals surface area contributed by atoms with Gasteiger partial charge in [0.1, 0.15) is 5.60 Å². The zero-order chi connectivity index (χ0) is 20.5. The number of amides is 3. The Morgan fingerprint density at radius 2 is 1.75 bits per heavy atom. The molecule has 1 aromatic carbocycles. The Hall–Kier alpha value is -2.93. The van der Waals surface area contributed by atoms with Crippen LogP contribution in [-0.4, -0.2) is 39.9 Å². The van der Waals surface area contributed by atoms with E-state index in [1.54, 1.807) is 57.2 Å². The number of benzene rings is 1. The van der Waals surface area contributed by atoms with Crippen LogP contribution in [0.4, 0.5) is 4.79 Å². The maximum atomic E-state index is 12.9. The number of alkyl carbamates (subject to hydrolysis) is 1. The van der Waals surface area contributed by atoms with E-state index in [4.69, 9.17) is 16.3 Å². The number of carbonyl (C=O) groups excluding carboxylic acids is 3. The number of nitrogens with zero attached hydrogens (tertiary/aromatic N) is 2. The molecule has 1 aliphatic heterocycles. The van der Waals surface area contributed by atoms with E-state index in [-0.39, 0.29) is 6.54 Å². The zero-order valence-corrected chi connectivity index (χ0v) is 16.5. The summed E-state index contributed by atoms with van der Waals surface area (Å²) in [5.74, 6) is -0.873. The molecule has 3 amide bonds. The second kappa shape index (κ2) is 7.59. The summed E-state index contributed by atoms with van der Waals surface area (Å²) in [7, 11) is 0. The summed E-state index contributed by atoms with van der Waals surface area (Å²) in [6, 6.07) is 9.02. The molecule has 0 fully saturated rings. The molecule has 28 heavy (non-hydrogen) atoms. The van der Waals surface area contributed by atoms with Gasteiger partial charge < -0.3 is 10.1 Å². The van der Waals surface area contributed by atoms with E-state index in [9.17, 15) is 14.4 Å². The number of carbonyl (C=O) groups is 3. The third-order valence-corrected chi connectivity index (χ3v) is 4.29. The molecular weight excluding hydrogens is 382 g/mol. The SMILES string of the molecule is CC(C)(C)OC(=O)NCC(c1ccc(Cl)cn1)N1C(=O)c2ccccc2C1=O. The predicted octanol–water partition coefficient (Wildman–Crippen LogP) is 3.60. The first-order valence-electron chi connectivity index (χ1n) is 8.72. The average Bonchev–Trinajstić information content (AvgIpc) is 2.87. The lowest BCUT2D eigenvalue weighted by molar-refractivity contribution is 0.0465. The lowest BCUT2D eigenvalue weighted by atomic mass is 10.1. The molecule has 0 bridgehead atoms. The number of rotatable bonds is 4. The lowest BCUT2D eigenvalue weighted by Crippen LogP contribution is -2.42. The van der Waals surface area contributed by atoms with E-state index in [1.165, 1.54) is 6.20 Å². The molecule has 1 aromatic heterocycles. The van der Waals surface area contributed by atoms with Crippen molar-refractivity contribution < 1.29 is 19.1 Å². The standard InChI is InChI=1S/C20H20ClN3O4/c1-20(2,3)28-19(27)23-11-16(15-9-8-12(21)10-22-15)24-17(25)13-6-4-5-7-14(13)18(24)26/h4-10,16H,11H2,1-3H3,(H,23,27). The number of aromatic nitrogens is 1. The van der Waals surface area contributed by atoms with Gasteiger partial charge in [-0.25, -0.2) is 4.79 Å². The number of nitrogens with one attached hydrogen (secondary N) is 1. The molecule has 0 saturated carbocycles. The Bertz CT molecular complexity index is 887. The molecule has 2 aromatic rings. The van der Waals surface area contributed by atoms with E-state index in [0.717, 1.165) is 4.90 Å². The molecule has 1 atom stereocenters. The van der Waals surface area contributed by atoms with Gasteiger partial charge in [-0.05, 0) is 45.0 Å². The minimum absolute atomic E-state index is 0.0466. The van der Waals surface area contributed by atoms with Crippen LogP contribution in [0.15, 0.2) is 42.6 Å². The Kier molecular flexibility index (Phi) is 5.38. The molecule has 0 radical (unpaired) electrons. The molecule has 8 heteroatoms. The van der Waals surface area contributed by atoms with Crippen LogP contribution in [-0.2, 0) is 4.74 Å². The Morgan fingerprint density at radius 3 is 2.25 bits per heavy atom. The number of hydrogen-bond donors (Lipinski definition) is 1. The summed E-state index contributed by atoms with van der Waals surface area (Å²) < 4.78 is 5.24. The molecule has 0 saturated heterocycles. The van der Waals surface area contributed by atoms with Crippen molar-refractivity contribution in [1.29, 1.82) is 0 Å². The van der Waals surface area contributed by atoms with E-state index in [1.807, 2.05) is 0 Å². The van der Waals surface area contributed by atoms with Gasteiger partial charge in [0.2, 0.25) is 0 Å². The van der Waals surface area contributed by atoms with Crippen molar-refractivity contribution in [3.8, 4) is 0 Å². The molecule has 146 valence electrons. The number of imide groups is 1. The molecular formula is C20H20ClN3O4. The molecule has 7 nitrogen and oxygen atoms in total. The van der Waals surface area contributed by atoms with Crippen molar-refractivity contribution in [2.24, 2.45) is 0 Å². The van der Waals surface area contributed by atoms with Gasteiger partial charge in [-0.1, -0.05) is 23.7 Å². The van der Waals surface area contributed by atoms with Crippen LogP contribution in [0.25, 0.3) is 0 Å². The predicted molar refractivity (Wildman–Crippen MR) is 103 cm³/mol. The lowest BCUT2D eigenvalue weighted by Gasteiger charge is -2.27. The first-order valence-corrected chi connectivity index (χ1v) is 9.10. The number of halogens is 1. The molecule has 3 rings (SSSR count). The van der Waals surface area contributed by atoms with Crippen molar-refractivity contribution in [1.82, 2.24) is 15.2 Å². The molecule has 1 unspecified atom stereocenters. The van der Waals surface area contributed by atoms with Gasteiger partial charge in [0.25, 0.3) is 11.8 Å². The quantitative estimate of drug-likeness (QED) is 0.791. The number of fused-ring (bicyclic) bond motifs is 1. The molecule has 0 aliphatic carbocycles. The normalized spacial score (nSPS) is 14.6. The monoisotopic (exact) mass is 401 g/mol. The fraction of sp³-hybridized carbons (Fsp3) is 0.300. The number of ether oxygens (including phenoxy) is 1. The van der Waals surface area contributed by atoms with Crippen LogP contribution in [0.2, 0.25) is 5.02 Å². The second-order valence-electron chi connectivity index (χ2n) is 7.33. The van der Waals surface area contributed by atoms with Crippen molar-refractivity contribution in [2.45, 2.75) is 32.4 Å². The fourth-order valence-corrected chi connectivity index (χ4v) is 3.01. The van der Waals surface area contributed by atoms with Gasteiger partial charge in [0.15, 0.2) is 0 Å². The minimum atomic E-state index is -0.808. The van der Waals surface area contributed by atoms with Gasteiger partial charge in [0, 0.05) is 12.7 Å². The highest BCUT2D eigenvalue weighted by molar-refractivity contribution is 6.30. The summed E-state index contributed by atoms with van der Waals surface area (Å²) in [6.45, 7) is 5.19. The highest BCUT2D eigenvalue weighted by Gasteiger charge is 2.41. The average molecular weight is 402 g/mol. The van der Waals surface area contributed by atoms with Crippen molar-refractivity contribution in [3.63, 3.8) is 0 Å². The van der Waals surface area contributed by atoms with Crippen molar-refractivity contribution in [3.05, 3.63) is 64.4 Å². The summed E-state index contributed by atoms with van der Waals surface area (Å²) in [6.07, 6.45) is 0.776. The third kappa shape index (κ3) is 4.14. The maximum Gasteiger partial charge on any atom is 0.407 e. The Labute approximate surface area is 167 Å². The summed E-state index contributed by atoms with van der Waals surface area (Å²) in [5.41, 5.74) is 0.399. The summed E-state index contributed by atoms with van der Waals surface area (Å²) in [4.78, 5) is 43.2. The van der Waals surface area contributed by atoms with E-state index in [2.05, 4.69) is 10.3 Å². The number of hydrogen-bond acceptors (Lipinski definition) is 5. The van der Waals surface area contributed by atoms with Gasteiger partial charge in [-0.2, -0.15) is 0 Å². The van der Waals surface area contributed by atoms with Crippen LogP contribution in [0.1, 0.15) is 53.2 Å². The smallest absolute Gasteiger partial charge is 0.407 e. The van der Waals surface area contributed by atoms with Crippen LogP contribution in [0, 0.1) is 0 Å². The van der Waals surface area contributed by atoms with Crippen LogP contribution < -0.4 is 5.32 Å². The van der Waals surface area contributed by atoms with E-state index in [0.29, 0.717) is 21.8 Å². The summed E-state index contributed by atoms with van der Waals surface area (Å²) in [5, 5.41) is 3.04. The Morgan fingerprint density at radius 1 is 1.14 bits per heavy atom. The highest BCUT2D eigenvalue weighted by Crippen LogP contribution is 2.30. The fourth-order valence-electron chi connectivity index (χ4n) is 2.90. The first-order chi connectivity index (χ1) is 13.2. The minimum Gasteiger partial charge on any atom is -0.444 e. The van der Waals surface area contributed by atoms with E-state index < -0.39 is 29.6 Å². The van der Waals surface area contributed by atoms with Crippen LogP contribution in [0.3, 0.4) is 0 Å². The zero-order valence-electron chi connectivity index (χ0n) is 15.7. The maximum absolute atomic E-state index is 12.9. The van der Waals surface area contributed by atoms with E-state index >= 15 is 0 Å². The molecule has 1 aliphatic rings. The van der Waals surface area contributed by atoms with Gasteiger partial charge in [-0.15, -0.1) is 0 Å². The van der Waals surface area contributed by atoms with Gasteiger partial charge in [0.05, 0.1) is 27.9 Å². The molecule has 0 spiro atoms. The summed E-state index contributed by atoms with van der Waals surface area (Å²) >= 11 is 5.91. The van der Waals surface area contributed by atoms with Gasteiger partial charge in [-0.3, -0.25) is 19.5 Å². The van der Waals surface area contributed by atoms with Crippen LogP contribution >= 0.6 is 11.6 Å².